The Labute approximate surface area is 176 Å². The molecule has 0 fully saturated rings. The van der Waals surface area contributed by atoms with Gasteiger partial charge in [0.25, 0.3) is 0 Å². The number of ether oxygens (including phenoxy) is 2. The van der Waals surface area contributed by atoms with Crippen LogP contribution in [-0.2, 0) is 20.6 Å². The molecule has 1 rings (SSSR count). The summed E-state index contributed by atoms with van der Waals surface area (Å²) in [5, 5.41) is 4.96. The predicted molar refractivity (Wildman–Crippen MR) is 112 cm³/mol. The van der Waals surface area contributed by atoms with E-state index in [1.807, 2.05) is 0 Å². The number of rotatable bonds is 8. The molecule has 1 atom stereocenters. The highest BCUT2D eigenvalue weighted by atomic mass is 32.1. The van der Waals surface area contributed by atoms with Crippen molar-refractivity contribution in [2.75, 3.05) is 12.7 Å². The van der Waals surface area contributed by atoms with E-state index in [4.69, 9.17) is 14.0 Å². The molecule has 1 aromatic carbocycles. The Bertz CT molecular complexity index is 759. The Hall–Kier alpha value is -1.90. The van der Waals surface area contributed by atoms with E-state index in [-0.39, 0.29) is 25.0 Å². The summed E-state index contributed by atoms with van der Waals surface area (Å²) in [5.74, 6) is 0.165. The summed E-state index contributed by atoms with van der Waals surface area (Å²) in [7, 11) is -4.01. The van der Waals surface area contributed by atoms with Crippen LogP contribution in [0.4, 0.5) is 9.59 Å². The lowest BCUT2D eigenvalue weighted by atomic mass is 10.2. The molecule has 1 unspecified atom stereocenters. The van der Waals surface area contributed by atoms with Gasteiger partial charge >= 0.3 is 19.8 Å². The lowest BCUT2D eigenvalue weighted by Crippen LogP contribution is -2.33. The minimum Gasteiger partial charge on any atom is -0.444 e. The average molecular weight is 448 g/mol. The van der Waals surface area contributed by atoms with Gasteiger partial charge < -0.3 is 29.5 Å². The Kier molecular flexibility index (Phi) is 8.86. The van der Waals surface area contributed by atoms with Crippen LogP contribution in [0.3, 0.4) is 0 Å². The van der Waals surface area contributed by atoms with E-state index in [1.165, 1.54) is 12.1 Å². The van der Waals surface area contributed by atoms with E-state index in [0.717, 1.165) is 0 Å². The fraction of sp³-hybridized carbons (Fsp3) is 0.556. The van der Waals surface area contributed by atoms with Gasteiger partial charge in [0.15, 0.2) is 4.93 Å². The molecule has 0 aliphatic heterocycles. The second-order valence-electron chi connectivity index (χ2n) is 7.72. The van der Waals surface area contributed by atoms with Crippen LogP contribution in [0.5, 0.6) is 5.75 Å². The normalized spacial score (nSPS) is 13.8. The van der Waals surface area contributed by atoms with Crippen LogP contribution in [0.15, 0.2) is 24.3 Å². The first kappa shape index (κ1) is 25.1. The number of amides is 2. The van der Waals surface area contributed by atoms with Gasteiger partial charge in [0.2, 0.25) is 0 Å². The van der Waals surface area contributed by atoms with Gasteiger partial charge in [0.05, 0.1) is 6.16 Å². The van der Waals surface area contributed by atoms with Crippen molar-refractivity contribution in [3.05, 3.63) is 29.8 Å². The molecule has 0 aliphatic rings. The summed E-state index contributed by atoms with van der Waals surface area (Å²) in [6.07, 6.45) is -1.63. The zero-order valence-corrected chi connectivity index (χ0v) is 19.0. The van der Waals surface area contributed by atoms with Crippen molar-refractivity contribution >= 4 is 32.4 Å². The van der Waals surface area contributed by atoms with Crippen LogP contribution in [0, 0.1) is 0 Å². The van der Waals surface area contributed by atoms with Crippen molar-refractivity contribution in [1.29, 1.82) is 0 Å². The first-order valence-corrected chi connectivity index (χ1v) is 11.1. The zero-order valence-electron chi connectivity index (χ0n) is 17.2. The summed E-state index contributed by atoms with van der Waals surface area (Å²) in [6.45, 7) is 8.49. The summed E-state index contributed by atoms with van der Waals surface area (Å²) in [5.41, 5.74) is 0.0489. The lowest BCUT2D eigenvalue weighted by Gasteiger charge is -2.20. The molecule has 9 nitrogen and oxygen atoms in total. The van der Waals surface area contributed by atoms with Gasteiger partial charge in [-0.3, -0.25) is 0 Å². The molecule has 0 aliphatic carbocycles. The summed E-state index contributed by atoms with van der Waals surface area (Å²) < 4.78 is 27.5. The molecule has 11 heteroatoms. The number of carbonyl (C=O) groups excluding carboxylic acids is 2. The third-order valence-corrected chi connectivity index (χ3v) is 4.36. The molecule has 0 bridgehead atoms. The van der Waals surface area contributed by atoms with Crippen LogP contribution in [0.2, 0.25) is 0 Å². The maximum absolute atomic E-state index is 12.2. The van der Waals surface area contributed by atoms with Gasteiger partial charge in [-0.1, -0.05) is 12.1 Å². The van der Waals surface area contributed by atoms with Gasteiger partial charge in [0.1, 0.15) is 11.4 Å². The van der Waals surface area contributed by atoms with Crippen LogP contribution < -0.4 is 15.2 Å². The summed E-state index contributed by atoms with van der Waals surface area (Å²) >= 11 is 4.05. The Morgan fingerprint density at radius 1 is 1.10 bits per heavy atom. The molecule has 0 spiro atoms. The van der Waals surface area contributed by atoms with Gasteiger partial charge in [-0.25, -0.2) is 14.2 Å². The van der Waals surface area contributed by atoms with Crippen molar-refractivity contribution in [2.45, 2.75) is 51.7 Å². The first-order chi connectivity index (χ1) is 13.2. The van der Waals surface area contributed by atoms with Crippen molar-refractivity contribution in [2.24, 2.45) is 0 Å². The maximum Gasteiger partial charge on any atom is 0.408 e. The van der Waals surface area contributed by atoms with Gasteiger partial charge in [-0.05, 0) is 52.3 Å². The molecule has 1 aromatic rings. The smallest absolute Gasteiger partial charge is 0.408 e. The summed E-state index contributed by atoms with van der Waals surface area (Å²) in [4.78, 5) is 32.3. The van der Waals surface area contributed by atoms with E-state index in [0.29, 0.717) is 5.56 Å². The monoisotopic (exact) mass is 448 g/mol. The molecule has 2 amide bonds. The third-order valence-electron chi connectivity index (χ3n) is 2.99. The topological polar surface area (TPSA) is 123 Å². The molecular weight excluding hydrogens is 419 g/mol. The predicted octanol–water partition coefficient (Wildman–Crippen LogP) is 3.67. The molecule has 0 radical (unpaired) electrons. The van der Waals surface area contributed by atoms with Crippen molar-refractivity contribution < 1.29 is 33.0 Å². The Morgan fingerprint density at radius 2 is 1.72 bits per heavy atom. The SMILES string of the molecule is CC(C)(C)OC(=O)NCc1cccc(OP(=O)(O)CCNC(=O)OC(C)(C)S)c1. The zero-order chi connectivity index (χ0) is 22.3. The van der Waals surface area contributed by atoms with Crippen molar-refractivity contribution in [1.82, 2.24) is 10.6 Å². The maximum atomic E-state index is 12.2. The third kappa shape index (κ3) is 12.3. The number of benzene rings is 1. The molecule has 3 N–H and O–H groups in total. The van der Waals surface area contributed by atoms with E-state index in [2.05, 4.69) is 23.3 Å². The fourth-order valence-corrected chi connectivity index (χ4v) is 2.98. The minimum absolute atomic E-state index is 0.115. The molecule has 0 heterocycles. The summed E-state index contributed by atoms with van der Waals surface area (Å²) in [6, 6.07) is 6.41. The van der Waals surface area contributed by atoms with Crippen molar-refractivity contribution in [3.63, 3.8) is 0 Å². The van der Waals surface area contributed by atoms with Crippen LogP contribution in [-0.4, -0.2) is 40.3 Å². The van der Waals surface area contributed by atoms with Crippen LogP contribution in [0.25, 0.3) is 0 Å². The van der Waals surface area contributed by atoms with Gasteiger partial charge in [0, 0.05) is 13.1 Å². The first-order valence-electron chi connectivity index (χ1n) is 8.92. The number of carbonyl (C=O) groups is 2. The van der Waals surface area contributed by atoms with Gasteiger partial charge in [-0.15, -0.1) is 12.6 Å². The fourth-order valence-electron chi connectivity index (χ4n) is 1.97. The van der Waals surface area contributed by atoms with Gasteiger partial charge in [-0.2, -0.15) is 0 Å². The highest BCUT2D eigenvalue weighted by molar-refractivity contribution is 7.81. The highest BCUT2D eigenvalue weighted by Crippen LogP contribution is 2.42. The lowest BCUT2D eigenvalue weighted by molar-refractivity contribution is 0.0523. The van der Waals surface area contributed by atoms with Crippen molar-refractivity contribution in [3.8, 4) is 5.75 Å². The molecule has 0 aromatic heterocycles. The number of alkyl carbamates (subject to hydrolysis) is 2. The average Bonchev–Trinajstić information content (AvgIpc) is 2.49. The standard InChI is InChI=1S/C18H29N2O7PS/c1-17(2,3)25-16(22)20-12-13-7-6-8-14(11-13)27-28(23,24)10-9-19-15(21)26-18(4,5)29/h6-8,11,29H,9-10,12H2,1-5H3,(H,19,21)(H,20,22)(H,23,24). The van der Waals surface area contributed by atoms with E-state index in [1.54, 1.807) is 46.8 Å². The quantitative estimate of drug-likeness (QED) is 0.272. The van der Waals surface area contributed by atoms with E-state index in [9.17, 15) is 19.0 Å². The molecule has 29 heavy (non-hydrogen) atoms. The minimum atomic E-state index is -4.01. The second-order valence-corrected chi connectivity index (χ2v) is 10.7. The number of thiol groups is 1. The molecule has 0 saturated carbocycles. The molecule has 164 valence electrons. The number of hydrogen-bond acceptors (Lipinski definition) is 7. The number of hydrogen-bond donors (Lipinski definition) is 4. The van der Waals surface area contributed by atoms with E-state index < -0.39 is 30.3 Å². The van der Waals surface area contributed by atoms with E-state index >= 15 is 0 Å². The second kappa shape index (κ2) is 10.2. The van der Waals surface area contributed by atoms with Crippen LogP contribution in [0.1, 0.15) is 40.2 Å². The Balaban J connectivity index is 2.53. The van der Waals surface area contributed by atoms with Crippen LogP contribution >= 0.6 is 20.2 Å². The highest BCUT2D eigenvalue weighted by Gasteiger charge is 2.23. The Morgan fingerprint density at radius 3 is 2.31 bits per heavy atom. The molecule has 0 saturated heterocycles. The largest absolute Gasteiger partial charge is 0.444 e. The molecular formula is C18H29N2O7PS. The number of nitrogens with one attached hydrogen (secondary N) is 2.